The van der Waals surface area contributed by atoms with Crippen molar-refractivity contribution in [3.05, 3.63) is 35.9 Å². The number of benzene rings is 1. The predicted octanol–water partition coefficient (Wildman–Crippen LogP) is 4.39. The third-order valence-electron chi connectivity index (χ3n) is 5.60. The maximum absolute atomic E-state index is 11.6. The average Bonchev–Trinajstić information content (AvgIpc) is 2.98. The molecule has 1 N–H and O–H groups in total. The lowest BCUT2D eigenvalue weighted by Gasteiger charge is -2.09. The van der Waals surface area contributed by atoms with E-state index in [4.69, 9.17) is 37.9 Å². The van der Waals surface area contributed by atoms with Gasteiger partial charge in [-0.15, -0.1) is 0 Å². The number of hydrogen-bond donors (Lipinski definition) is 1. The van der Waals surface area contributed by atoms with Crippen molar-refractivity contribution in [2.45, 2.75) is 52.1 Å². The number of unbranched alkanes of at least 4 members (excludes halogenated alkanes) is 5. The number of ether oxygens (including phenoxy) is 8. The fraction of sp³-hybridized carbons (Fsp3) is 0.767. The second-order valence-corrected chi connectivity index (χ2v) is 9.04. The summed E-state index contributed by atoms with van der Waals surface area (Å²) in [6.45, 7) is 10.4. The highest BCUT2D eigenvalue weighted by atomic mass is 16.6. The minimum Gasteiger partial charge on any atom is -0.445 e. The van der Waals surface area contributed by atoms with Crippen LogP contribution in [-0.4, -0.2) is 105 Å². The van der Waals surface area contributed by atoms with Crippen molar-refractivity contribution in [1.29, 1.82) is 0 Å². The van der Waals surface area contributed by atoms with Gasteiger partial charge in [0.25, 0.3) is 0 Å². The summed E-state index contributed by atoms with van der Waals surface area (Å²) in [6.07, 6.45) is 7.21. The number of carbonyl (C=O) groups is 1. The maximum Gasteiger partial charge on any atom is 0.407 e. The molecule has 0 radical (unpaired) electrons. The Morgan fingerprint density at radius 2 is 0.975 bits per heavy atom. The summed E-state index contributed by atoms with van der Waals surface area (Å²) in [4.78, 5) is 11.6. The van der Waals surface area contributed by atoms with Gasteiger partial charge < -0.3 is 43.2 Å². The smallest absolute Gasteiger partial charge is 0.407 e. The molecule has 0 aromatic heterocycles. The van der Waals surface area contributed by atoms with E-state index >= 15 is 0 Å². The lowest BCUT2D eigenvalue weighted by atomic mass is 10.1. The Morgan fingerprint density at radius 1 is 0.550 bits per heavy atom. The van der Waals surface area contributed by atoms with Gasteiger partial charge in [-0.05, 0) is 12.0 Å². The second kappa shape index (κ2) is 30.2. The van der Waals surface area contributed by atoms with E-state index < -0.39 is 6.09 Å². The Hall–Kier alpha value is -1.79. The highest BCUT2D eigenvalue weighted by Crippen LogP contribution is 2.04. The van der Waals surface area contributed by atoms with Gasteiger partial charge in [-0.1, -0.05) is 69.4 Å². The highest BCUT2D eigenvalue weighted by Gasteiger charge is 2.01. The molecule has 1 rings (SSSR count). The summed E-state index contributed by atoms with van der Waals surface area (Å²) < 4.78 is 43.5. The van der Waals surface area contributed by atoms with Gasteiger partial charge in [0, 0.05) is 13.2 Å². The lowest BCUT2D eigenvalue weighted by Crippen LogP contribution is -2.28. The summed E-state index contributed by atoms with van der Waals surface area (Å²) in [6, 6.07) is 9.53. The van der Waals surface area contributed by atoms with Crippen LogP contribution in [0.15, 0.2) is 30.3 Å². The molecule has 0 saturated heterocycles. The summed E-state index contributed by atoms with van der Waals surface area (Å²) in [7, 11) is 0. The minimum atomic E-state index is -0.460. The number of rotatable bonds is 30. The maximum atomic E-state index is 11.6. The predicted molar refractivity (Wildman–Crippen MR) is 154 cm³/mol. The van der Waals surface area contributed by atoms with Crippen LogP contribution in [-0.2, 0) is 44.5 Å². The molecular formula is C30H53NO9. The first kappa shape index (κ1) is 36.2. The van der Waals surface area contributed by atoms with Gasteiger partial charge in [-0.2, -0.15) is 0 Å². The average molecular weight is 572 g/mol. The standard InChI is InChI=1S/C30H53NO9/c1-2-3-4-5-6-10-14-33-16-18-35-20-22-37-24-26-39-27-25-38-23-21-36-19-17-34-15-13-31-30(32)40-28-29-11-8-7-9-12-29/h7-9,11-12H,2-6,10,13-28H2,1H3,(H,31,32). The molecule has 10 heteroatoms. The highest BCUT2D eigenvalue weighted by molar-refractivity contribution is 5.67. The quantitative estimate of drug-likeness (QED) is 0.135. The van der Waals surface area contributed by atoms with Crippen LogP contribution in [0.2, 0.25) is 0 Å². The van der Waals surface area contributed by atoms with Crippen molar-refractivity contribution in [2.75, 3.05) is 99.0 Å². The molecule has 232 valence electrons. The number of alkyl carbamates (subject to hydrolysis) is 1. The fourth-order valence-electron chi connectivity index (χ4n) is 3.41. The van der Waals surface area contributed by atoms with Crippen LogP contribution in [0.3, 0.4) is 0 Å². The molecule has 10 nitrogen and oxygen atoms in total. The van der Waals surface area contributed by atoms with Crippen LogP contribution in [0.5, 0.6) is 0 Å². The molecule has 1 aromatic rings. The molecule has 0 bridgehead atoms. The van der Waals surface area contributed by atoms with E-state index in [0.717, 1.165) is 18.6 Å². The Balaban J connectivity index is 1.66. The van der Waals surface area contributed by atoms with Crippen LogP contribution in [0, 0.1) is 0 Å². The summed E-state index contributed by atoms with van der Waals surface area (Å²) in [5, 5.41) is 2.65. The molecule has 0 spiro atoms. The van der Waals surface area contributed by atoms with Crippen molar-refractivity contribution < 1.29 is 42.7 Å². The van der Waals surface area contributed by atoms with Crippen molar-refractivity contribution in [3.63, 3.8) is 0 Å². The first-order valence-electron chi connectivity index (χ1n) is 14.8. The van der Waals surface area contributed by atoms with Crippen LogP contribution in [0.25, 0.3) is 0 Å². The van der Waals surface area contributed by atoms with E-state index in [-0.39, 0.29) is 6.61 Å². The lowest BCUT2D eigenvalue weighted by molar-refractivity contribution is -0.0204. The molecule has 0 aliphatic carbocycles. The number of nitrogens with one attached hydrogen (secondary N) is 1. The van der Waals surface area contributed by atoms with E-state index in [1.54, 1.807) is 0 Å². The van der Waals surface area contributed by atoms with Crippen molar-refractivity contribution in [2.24, 2.45) is 0 Å². The van der Waals surface area contributed by atoms with Crippen LogP contribution >= 0.6 is 0 Å². The van der Waals surface area contributed by atoms with Gasteiger partial charge in [0.2, 0.25) is 0 Å². The van der Waals surface area contributed by atoms with Gasteiger partial charge in [0.15, 0.2) is 0 Å². The minimum absolute atomic E-state index is 0.246. The first-order chi connectivity index (χ1) is 19.8. The van der Waals surface area contributed by atoms with Crippen molar-refractivity contribution in [3.8, 4) is 0 Å². The zero-order valence-corrected chi connectivity index (χ0v) is 24.6. The van der Waals surface area contributed by atoms with Gasteiger partial charge in [0.1, 0.15) is 6.61 Å². The van der Waals surface area contributed by atoms with Crippen LogP contribution in [0.1, 0.15) is 51.0 Å². The molecular weight excluding hydrogens is 518 g/mol. The second-order valence-electron chi connectivity index (χ2n) is 9.04. The number of carbonyl (C=O) groups excluding carboxylic acids is 1. The molecule has 0 atom stereocenters. The molecule has 40 heavy (non-hydrogen) atoms. The summed E-state index contributed by atoms with van der Waals surface area (Å²) in [5.74, 6) is 0. The Kier molecular flexibility index (Phi) is 27.3. The molecule has 1 amide bonds. The third kappa shape index (κ3) is 26.4. The van der Waals surface area contributed by atoms with E-state index in [1.807, 2.05) is 30.3 Å². The third-order valence-corrected chi connectivity index (χ3v) is 5.60. The zero-order valence-electron chi connectivity index (χ0n) is 24.6. The van der Waals surface area contributed by atoms with Crippen LogP contribution < -0.4 is 5.32 Å². The van der Waals surface area contributed by atoms with Gasteiger partial charge >= 0.3 is 6.09 Å². The number of amides is 1. The molecule has 0 aliphatic heterocycles. The Labute approximate surface area is 241 Å². The Morgan fingerprint density at radius 3 is 1.48 bits per heavy atom. The first-order valence-corrected chi connectivity index (χ1v) is 14.8. The Bertz CT molecular complexity index is 651. The molecule has 0 unspecified atom stereocenters. The van der Waals surface area contributed by atoms with Gasteiger partial charge in [-0.3, -0.25) is 0 Å². The number of hydrogen-bond acceptors (Lipinski definition) is 9. The molecule has 0 heterocycles. The van der Waals surface area contributed by atoms with Crippen LogP contribution in [0.4, 0.5) is 4.79 Å². The van der Waals surface area contributed by atoms with E-state index in [1.165, 1.54) is 32.1 Å². The van der Waals surface area contributed by atoms with E-state index in [0.29, 0.717) is 92.4 Å². The summed E-state index contributed by atoms with van der Waals surface area (Å²) >= 11 is 0. The van der Waals surface area contributed by atoms with E-state index in [9.17, 15) is 4.79 Å². The monoisotopic (exact) mass is 571 g/mol. The van der Waals surface area contributed by atoms with Gasteiger partial charge in [-0.25, -0.2) is 4.79 Å². The van der Waals surface area contributed by atoms with Crippen molar-refractivity contribution >= 4 is 6.09 Å². The fourth-order valence-corrected chi connectivity index (χ4v) is 3.41. The molecule has 0 aliphatic rings. The largest absolute Gasteiger partial charge is 0.445 e. The van der Waals surface area contributed by atoms with Gasteiger partial charge in [0.05, 0.1) is 85.9 Å². The van der Waals surface area contributed by atoms with Crippen molar-refractivity contribution in [1.82, 2.24) is 5.32 Å². The normalized spacial score (nSPS) is 11.1. The summed E-state index contributed by atoms with van der Waals surface area (Å²) in [5.41, 5.74) is 0.945. The topological polar surface area (TPSA) is 103 Å². The molecule has 1 aromatic carbocycles. The molecule has 0 fully saturated rings. The SMILES string of the molecule is CCCCCCCCOCCOCCOCCOCCOCCOCCOCCNC(=O)OCc1ccccc1. The molecule has 0 saturated carbocycles. The zero-order chi connectivity index (χ0) is 28.6. The van der Waals surface area contributed by atoms with E-state index in [2.05, 4.69) is 12.2 Å².